The van der Waals surface area contributed by atoms with Gasteiger partial charge in [-0.25, -0.2) is 10.3 Å². The van der Waals surface area contributed by atoms with Crippen molar-refractivity contribution >= 4 is 22.3 Å². The Morgan fingerprint density at radius 2 is 2.19 bits per heavy atom. The molecule has 3 saturated heterocycles. The zero-order valence-corrected chi connectivity index (χ0v) is 15.0. The summed E-state index contributed by atoms with van der Waals surface area (Å²) in [7, 11) is -3.07. The quantitative estimate of drug-likeness (QED) is 0.248. The molecule has 2 unspecified atom stereocenters. The van der Waals surface area contributed by atoms with Gasteiger partial charge in [0.1, 0.15) is 6.04 Å². The van der Waals surface area contributed by atoms with Crippen molar-refractivity contribution in [1.29, 1.82) is 0 Å². The second kappa shape index (κ2) is 7.25. The molecule has 2 atom stereocenters. The fourth-order valence-electron chi connectivity index (χ4n) is 3.54. The molecule has 3 aliphatic heterocycles. The van der Waals surface area contributed by atoms with Crippen LogP contribution in [0.15, 0.2) is 0 Å². The number of hydrogen-bond donors (Lipinski definition) is 3. The fraction of sp³-hybridized carbons (Fsp3) is 0.846. The molecule has 0 aromatic heterocycles. The van der Waals surface area contributed by atoms with Crippen molar-refractivity contribution in [1.82, 2.24) is 20.8 Å². The van der Waals surface area contributed by atoms with E-state index in [9.17, 15) is 18.0 Å². The van der Waals surface area contributed by atoms with Crippen LogP contribution in [0, 0.1) is 5.41 Å². The predicted molar refractivity (Wildman–Crippen MR) is 84.7 cm³/mol. The first kappa shape index (κ1) is 19.3. The van der Waals surface area contributed by atoms with E-state index in [1.165, 1.54) is 4.90 Å². The van der Waals surface area contributed by atoms with E-state index >= 15 is 0 Å². The Kier molecular flexibility index (Phi) is 5.37. The van der Waals surface area contributed by atoms with Crippen LogP contribution in [0.1, 0.15) is 12.8 Å². The smallest absolute Gasteiger partial charge is 0.380 e. The summed E-state index contributed by atoms with van der Waals surface area (Å²) in [6, 6.07) is -2.28. The Labute approximate surface area is 150 Å². The summed E-state index contributed by atoms with van der Waals surface area (Å²) in [5.74, 6) is -0.499. The van der Waals surface area contributed by atoms with E-state index in [0.717, 1.165) is 6.54 Å². The second-order valence-corrected chi connectivity index (χ2v) is 7.63. The maximum absolute atomic E-state index is 12.5. The van der Waals surface area contributed by atoms with Crippen LogP contribution < -0.4 is 10.8 Å². The van der Waals surface area contributed by atoms with E-state index in [-0.39, 0.29) is 26.2 Å². The summed E-state index contributed by atoms with van der Waals surface area (Å²) in [6.07, 6.45) is 0.973. The number of carbonyl (C=O) groups is 2. The monoisotopic (exact) mass is 394 g/mol. The Morgan fingerprint density at radius 1 is 1.46 bits per heavy atom. The van der Waals surface area contributed by atoms with Gasteiger partial charge in [0.25, 0.3) is 5.91 Å². The molecule has 3 amide bonds. The molecule has 3 aliphatic rings. The molecule has 2 bridgehead atoms. The second-order valence-electron chi connectivity index (χ2n) is 6.63. The minimum absolute atomic E-state index is 0.0928. The predicted octanol–water partition coefficient (Wildman–Crippen LogP) is -1.73. The Hall–Kier alpha value is -1.51. The highest BCUT2D eigenvalue weighted by Gasteiger charge is 2.63. The Morgan fingerprint density at radius 3 is 2.77 bits per heavy atom. The van der Waals surface area contributed by atoms with Crippen molar-refractivity contribution in [2.45, 2.75) is 24.9 Å². The summed E-state index contributed by atoms with van der Waals surface area (Å²) in [5.41, 5.74) is 1.73. The first-order chi connectivity index (χ1) is 12.3. The van der Waals surface area contributed by atoms with Crippen LogP contribution >= 0.6 is 0 Å². The molecule has 12 nitrogen and oxygen atoms in total. The highest BCUT2D eigenvalue weighted by atomic mass is 32.3. The van der Waals surface area contributed by atoms with E-state index in [0.29, 0.717) is 18.1 Å². The molecule has 3 rings (SSSR count). The van der Waals surface area contributed by atoms with Gasteiger partial charge in [0.15, 0.2) is 0 Å². The summed E-state index contributed by atoms with van der Waals surface area (Å²) in [4.78, 5) is 31.3. The van der Waals surface area contributed by atoms with Crippen molar-refractivity contribution in [2.24, 2.45) is 5.41 Å². The van der Waals surface area contributed by atoms with Gasteiger partial charge in [-0.3, -0.25) is 14.2 Å². The summed E-state index contributed by atoms with van der Waals surface area (Å²) in [6.45, 7) is 1.65. The van der Waals surface area contributed by atoms with Gasteiger partial charge in [-0.15, -0.1) is 4.28 Å². The number of hydroxylamine groups is 3. The lowest BCUT2D eigenvalue weighted by Crippen LogP contribution is -2.63. The maximum atomic E-state index is 12.5. The molecule has 0 aliphatic carbocycles. The van der Waals surface area contributed by atoms with Gasteiger partial charge >= 0.3 is 16.4 Å². The van der Waals surface area contributed by atoms with Crippen molar-refractivity contribution in [2.75, 3.05) is 40.0 Å². The number of piperidine rings is 1. The van der Waals surface area contributed by atoms with Gasteiger partial charge in [-0.1, -0.05) is 0 Å². The molecule has 0 saturated carbocycles. The Balaban J connectivity index is 1.70. The zero-order chi connectivity index (χ0) is 18.9. The molecule has 3 fully saturated rings. The average Bonchev–Trinajstić information content (AvgIpc) is 2.79. The largest absolute Gasteiger partial charge is 0.418 e. The van der Waals surface area contributed by atoms with Gasteiger partial charge in [-0.05, 0) is 26.4 Å². The minimum atomic E-state index is -4.87. The minimum Gasteiger partial charge on any atom is -0.380 e. The molecule has 13 heteroatoms. The van der Waals surface area contributed by atoms with E-state index in [2.05, 4.69) is 15.1 Å². The van der Waals surface area contributed by atoms with Crippen LogP contribution in [-0.2, 0) is 29.1 Å². The third kappa shape index (κ3) is 3.63. The summed E-state index contributed by atoms with van der Waals surface area (Å²) < 4.78 is 40.8. The van der Waals surface area contributed by atoms with E-state index in [4.69, 9.17) is 14.1 Å². The third-order valence-electron chi connectivity index (χ3n) is 4.87. The Bertz CT molecular complexity index is 667. The van der Waals surface area contributed by atoms with Gasteiger partial charge in [0.2, 0.25) is 0 Å². The van der Waals surface area contributed by atoms with E-state index in [1.54, 1.807) is 7.05 Å². The third-order valence-corrected chi connectivity index (χ3v) is 5.22. The number of ether oxygens (including phenoxy) is 1. The molecule has 3 heterocycles. The SMILES string of the molecule is CNCCCONC(=O)C1CC2(COC2)C2CN1C(=O)N2OS(=O)(=O)O. The fourth-order valence-corrected chi connectivity index (χ4v) is 3.91. The molecule has 1 spiro atoms. The van der Waals surface area contributed by atoms with Crippen molar-refractivity contribution in [3.63, 3.8) is 0 Å². The van der Waals surface area contributed by atoms with Crippen molar-refractivity contribution in [3.05, 3.63) is 0 Å². The van der Waals surface area contributed by atoms with Crippen molar-refractivity contribution < 1.29 is 36.4 Å². The number of urea groups is 1. The number of nitrogens with zero attached hydrogens (tertiary/aromatic N) is 2. The van der Waals surface area contributed by atoms with Gasteiger partial charge < -0.3 is 15.0 Å². The number of nitrogens with one attached hydrogen (secondary N) is 2. The van der Waals surface area contributed by atoms with Crippen molar-refractivity contribution in [3.8, 4) is 0 Å². The first-order valence-electron chi connectivity index (χ1n) is 8.18. The van der Waals surface area contributed by atoms with Crippen LogP contribution in [0.4, 0.5) is 4.79 Å². The first-order valence-corrected chi connectivity index (χ1v) is 9.55. The maximum Gasteiger partial charge on any atom is 0.418 e. The molecular formula is C13H22N4O8S. The molecule has 3 N–H and O–H groups in total. The molecule has 0 aromatic rings. The number of fused-ring (bicyclic) bond motifs is 3. The molecular weight excluding hydrogens is 372 g/mol. The number of carbonyl (C=O) groups excluding carboxylic acids is 2. The van der Waals surface area contributed by atoms with Gasteiger partial charge in [0, 0.05) is 12.0 Å². The standard InChI is InChI=1S/C13H22N4O8S/c1-14-3-2-4-24-15-11(18)9-5-13(7-23-8-13)10-6-16(9)12(19)17(10)25-26(20,21)22/h9-10,14H,2-8H2,1H3,(H,15,18)(H,20,21,22). The van der Waals surface area contributed by atoms with Gasteiger partial charge in [0.05, 0.1) is 25.9 Å². The van der Waals surface area contributed by atoms with Crippen LogP contribution in [0.2, 0.25) is 0 Å². The van der Waals surface area contributed by atoms with Crippen LogP contribution in [0.25, 0.3) is 0 Å². The zero-order valence-electron chi connectivity index (χ0n) is 14.2. The highest BCUT2D eigenvalue weighted by molar-refractivity contribution is 7.80. The van der Waals surface area contributed by atoms with Crippen LogP contribution in [0.5, 0.6) is 0 Å². The van der Waals surface area contributed by atoms with Crippen LogP contribution in [-0.4, -0.2) is 86.9 Å². The number of rotatable bonds is 8. The molecule has 0 radical (unpaired) electrons. The van der Waals surface area contributed by atoms with Gasteiger partial charge in [-0.2, -0.15) is 13.5 Å². The van der Waals surface area contributed by atoms with E-state index in [1.807, 2.05) is 0 Å². The molecule has 148 valence electrons. The summed E-state index contributed by atoms with van der Waals surface area (Å²) >= 11 is 0. The van der Waals surface area contributed by atoms with Crippen LogP contribution in [0.3, 0.4) is 0 Å². The average molecular weight is 394 g/mol. The lowest BCUT2D eigenvalue weighted by molar-refractivity contribution is -0.194. The summed E-state index contributed by atoms with van der Waals surface area (Å²) in [5, 5.41) is 3.57. The van der Waals surface area contributed by atoms with E-state index < -0.39 is 39.8 Å². The topological polar surface area (TPSA) is 147 Å². The highest BCUT2D eigenvalue weighted by Crippen LogP contribution is 2.47. The molecule has 0 aromatic carbocycles. The number of amides is 3. The lowest BCUT2D eigenvalue weighted by Gasteiger charge is -2.50. The lowest BCUT2D eigenvalue weighted by atomic mass is 9.71. The number of hydrogen-bond acceptors (Lipinski definition) is 8. The normalized spacial score (nSPS) is 26.9. The molecule has 26 heavy (non-hydrogen) atoms.